The molecule has 0 atom stereocenters. The van der Waals surface area contributed by atoms with E-state index in [0.29, 0.717) is 0 Å². The molecule has 5 nitrogen and oxygen atoms in total. The van der Waals surface area contributed by atoms with Gasteiger partial charge in [-0.25, -0.2) is 8.42 Å². The van der Waals surface area contributed by atoms with Gasteiger partial charge in [0.2, 0.25) is 5.91 Å². The van der Waals surface area contributed by atoms with Crippen molar-refractivity contribution in [1.29, 1.82) is 0 Å². The summed E-state index contributed by atoms with van der Waals surface area (Å²) in [6.07, 6.45) is 2.42. The molecule has 0 radical (unpaired) electrons. The first-order valence-corrected chi connectivity index (χ1v) is 6.51. The molecule has 0 unspecified atom stereocenters. The summed E-state index contributed by atoms with van der Waals surface area (Å²) >= 11 is 0. The predicted molar refractivity (Wildman–Crippen MR) is 57.2 cm³/mol. The van der Waals surface area contributed by atoms with E-state index in [2.05, 4.69) is 11.9 Å². The highest BCUT2D eigenvalue weighted by atomic mass is 32.2. The number of hydrogen-bond acceptors (Lipinski definition) is 4. The van der Waals surface area contributed by atoms with Crippen LogP contribution in [0.25, 0.3) is 0 Å². The first-order valence-electron chi connectivity index (χ1n) is 4.45. The molecule has 0 aromatic carbocycles. The van der Waals surface area contributed by atoms with Crippen molar-refractivity contribution in [3.63, 3.8) is 0 Å². The maximum absolute atomic E-state index is 11.1. The Morgan fingerprint density at radius 1 is 1.33 bits per heavy atom. The maximum atomic E-state index is 11.1. The first kappa shape index (κ1) is 13.8. The van der Waals surface area contributed by atoms with Crippen LogP contribution in [-0.4, -0.2) is 38.7 Å². The summed E-state index contributed by atoms with van der Waals surface area (Å²) < 4.78 is 21.4. The zero-order chi connectivity index (χ0) is 11.9. The van der Waals surface area contributed by atoms with Crippen molar-refractivity contribution >= 4 is 21.5 Å². The summed E-state index contributed by atoms with van der Waals surface area (Å²) in [7, 11) is -3.05. The molecule has 1 N–H and O–H groups in total. The lowest BCUT2D eigenvalue weighted by Gasteiger charge is -2.02. The monoisotopic (exact) mass is 233 g/mol. The molecule has 0 heterocycles. The van der Waals surface area contributed by atoms with Crippen LogP contribution in [0.2, 0.25) is 0 Å². The third-order valence-corrected chi connectivity index (χ3v) is 2.57. The van der Waals surface area contributed by atoms with Crippen LogP contribution in [0, 0.1) is 0 Å². The Balaban J connectivity index is 3.67. The van der Waals surface area contributed by atoms with Crippen LogP contribution < -0.4 is 5.32 Å². The Kier molecular flexibility index (Phi) is 5.84. The summed E-state index contributed by atoms with van der Waals surface area (Å²) in [5.74, 6) is -0.615. The molecule has 0 bridgehead atoms. The summed E-state index contributed by atoms with van der Waals surface area (Å²) in [5.41, 5.74) is 0. The van der Waals surface area contributed by atoms with Gasteiger partial charge in [0.15, 0.2) is 5.78 Å². The Hall–Kier alpha value is -1.17. The van der Waals surface area contributed by atoms with Crippen molar-refractivity contribution in [3.8, 4) is 0 Å². The van der Waals surface area contributed by atoms with Crippen LogP contribution in [0.15, 0.2) is 12.7 Å². The number of hydrogen-bond donors (Lipinski definition) is 1. The lowest BCUT2D eigenvalue weighted by molar-refractivity contribution is -0.123. The van der Waals surface area contributed by atoms with Crippen LogP contribution in [0.3, 0.4) is 0 Å². The molecule has 0 saturated heterocycles. The fourth-order valence-electron chi connectivity index (χ4n) is 0.803. The average Bonchev–Trinajstić information content (AvgIpc) is 2.12. The summed E-state index contributed by atoms with van der Waals surface area (Å²) in [6, 6.07) is 0. The van der Waals surface area contributed by atoms with E-state index in [1.807, 2.05) is 0 Å². The molecular formula is C9H15NO4S. The quantitative estimate of drug-likeness (QED) is 0.611. The molecule has 1 amide bonds. The largest absolute Gasteiger partial charge is 0.355 e. The van der Waals surface area contributed by atoms with Crippen LogP contribution in [0.4, 0.5) is 0 Å². The van der Waals surface area contributed by atoms with Gasteiger partial charge in [0.25, 0.3) is 0 Å². The minimum atomic E-state index is -3.05. The van der Waals surface area contributed by atoms with Crippen molar-refractivity contribution in [3.05, 3.63) is 12.7 Å². The molecule has 0 saturated carbocycles. The summed E-state index contributed by atoms with van der Waals surface area (Å²) in [4.78, 5) is 21.8. The summed E-state index contributed by atoms with van der Waals surface area (Å²) in [6.45, 7) is 3.36. The molecular weight excluding hydrogens is 218 g/mol. The zero-order valence-electron chi connectivity index (χ0n) is 8.65. The lowest BCUT2D eigenvalue weighted by atomic mass is 10.2. The lowest BCUT2D eigenvalue weighted by Crippen LogP contribution is -2.28. The molecule has 0 aliphatic carbocycles. The molecule has 0 aliphatic rings. The van der Waals surface area contributed by atoms with Crippen LogP contribution >= 0.6 is 0 Å². The van der Waals surface area contributed by atoms with E-state index >= 15 is 0 Å². The van der Waals surface area contributed by atoms with Crippen molar-refractivity contribution < 1.29 is 18.0 Å². The van der Waals surface area contributed by atoms with Gasteiger partial charge in [-0.2, -0.15) is 0 Å². The number of nitrogens with one attached hydrogen (secondary N) is 1. The highest BCUT2D eigenvalue weighted by Gasteiger charge is 2.06. The topological polar surface area (TPSA) is 80.3 Å². The second-order valence-electron chi connectivity index (χ2n) is 3.15. The second kappa shape index (κ2) is 6.34. The maximum Gasteiger partial charge on any atom is 0.220 e. The van der Waals surface area contributed by atoms with Crippen molar-refractivity contribution in [2.45, 2.75) is 12.8 Å². The van der Waals surface area contributed by atoms with Crippen LogP contribution in [-0.2, 0) is 19.4 Å². The molecule has 15 heavy (non-hydrogen) atoms. The van der Waals surface area contributed by atoms with E-state index in [9.17, 15) is 18.0 Å². The van der Waals surface area contributed by atoms with Gasteiger partial charge in [0.1, 0.15) is 9.84 Å². The van der Waals surface area contributed by atoms with E-state index in [0.717, 1.165) is 12.3 Å². The predicted octanol–water partition coefficient (Wildman–Crippen LogP) is -0.317. The van der Waals surface area contributed by atoms with Gasteiger partial charge in [-0.3, -0.25) is 9.59 Å². The van der Waals surface area contributed by atoms with E-state index in [1.165, 1.54) is 0 Å². The number of amides is 1. The molecule has 0 spiro atoms. The van der Waals surface area contributed by atoms with E-state index in [1.54, 1.807) is 0 Å². The third kappa shape index (κ3) is 9.14. The van der Waals surface area contributed by atoms with Gasteiger partial charge in [-0.15, -0.1) is 0 Å². The summed E-state index contributed by atoms with van der Waals surface area (Å²) in [5, 5.41) is 2.41. The molecule has 0 rings (SSSR count). The van der Waals surface area contributed by atoms with Crippen molar-refractivity contribution in [2.75, 3.05) is 18.6 Å². The fourth-order valence-corrected chi connectivity index (χ4v) is 1.28. The number of ketones is 1. The second-order valence-corrected chi connectivity index (χ2v) is 5.41. The zero-order valence-corrected chi connectivity index (χ0v) is 9.47. The van der Waals surface area contributed by atoms with Crippen molar-refractivity contribution in [1.82, 2.24) is 5.32 Å². The normalized spacial score (nSPS) is 10.7. The van der Waals surface area contributed by atoms with Crippen molar-refractivity contribution in [2.24, 2.45) is 0 Å². The number of carbonyl (C=O) groups is 2. The van der Waals surface area contributed by atoms with Gasteiger partial charge in [-0.05, 0) is 6.08 Å². The minimum absolute atomic E-state index is 0.0641. The molecule has 0 aliphatic heterocycles. The SMILES string of the molecule is C=CC(=O)CCC(=O)NCCS(C)(=O)=O. The molecule has 0 aromatic rings. The number of sulfone groups is 1. The van der Waals surface area contributed by atoms with E-state index in [4.69, 9.17) is 0 Å². The average molecular weight is 233 g/mol. The van der Waals surface area contributed by atoms with Gasteiger partial charge in [-0.1, -0.05) is 6.58 Å². The van der Waals surface area contributed by atoms with E-state index < -0.39 is 9.84 Å². The Bertz CT molecular complexity index is 345. The minimum Gasteiger partial charge on any atom is -0.355 e. The number of carbonyl (C=O) groups excluding carboxylic acids is 2. The Labute approximate surface area is 89.5 Å². The van der Waals surface area contributed by atoms with Gasteiger partial charge >= 0.3 is 0 Å². The Morgan fingerprint density at radius 2 is 1.93 bits per heavy atom. The van der Waals surface area contributed by atoms with Gasteiger partial charge < -0.3 is 5.32 Å². The number of allylic oxidation sites excluding steroid dienone is 1. The van der Waals surface area contributed by atoms with E-state index in [-0.39, 0.29) is 36.8 Å². The smallest absolute Gasteiger partial charge is 0.220 e. The standard InChI is InChI=1S/C9H15NO4S/c1-3-8(11)4-5-9(12)10-6-7-15(2,13)14/h3H,1,4-7H2,2H3,(H,10,12). The molecule has 6 heteroatoms. The van der Waals surface area contributed by atoms with Crippen LogP contribution in [0.5, 0.6) is 0 Å². The van der Waals surface area contributed by atoms with Crippen LogP contribution in [0.1, 0.15) is 12.8 Å². The first-order chi connectivity index (χ1) is 6.85. The molecule has 0 aromatic heterocycles. The molecule has 0 fully saturated rings. The fraction of sp³-hybridized carbons (Fsp3) is 0.556. The molecule has 86 valence electrons. The Morgan fingerprint density at radius 3 is 2.40 bits per heavy atom. The van der Waals surface area contributed by atoms with Gasteiger partial charge in [0, 0.05) is 25.6 Å². The number of rotatable bonds is 7. The third-order valence-electron chi connectivity index (χ3n) is 1.62. The highest BCUT2D eigenvalue weighted by Crippen LogP contribution is 1.91. The highest BCUT2D eigenvalue weighted by molar-refractivity contribution is 7.90. The van der Waals surface area contributed by atoms with Gasteiger partial charge in [0.05, 0.1) is 5.75 Å².